The van der Waals surface area contributed by atoms with Crippen LogP contribution in [0.25, 0.3) is 0 Å². The Bertz CT molecular complexity index is 666. The molecule has 3 aliphatic rings. The highest BCUT2D eigenvalue weighted by molar-refractivity contribution is 5.99. The number of nitrogens with zero attached hydrogens (tertiary/aromatic N) is 1. The summed E-state index contributed by atoms with van der Waals surface area (Å²) in [6.07, 6.45) is 4.75. The zero-order valence-corrected chi connectivity index (χ0v) is 11.9. The van der Waals surface area contributed by atoms with Crippen LogP contribution in [0.5, 0.6) is 0 Å². The lowest BCUT2D eigenvalue weighted by molar-refractivity contribution is -0.117. The van der Waals surface area contributed by atoms with Crippen LogP contribution in [0.3, 0.4) is 0 Å². The molecule has 1 amide bonds. The molecule has 2 unspecified atom stereocenters. The molecule has 106 valence electrons. The number of hydrogen-bond acceptors (Lipinski definition) is 2. The quantitative estimate of drug-likeness (QED) is 0.924. The Labute approximate surface area is 124 Å². The monoisotopic (exact) mass is 278 g/mol. The molecular weight excluding hydrogens is 260 g/mol. The fourth-order valence-electron chi connectivity index (χ4n) is 3.98. The topological polar surface area (TPSA) is 52.9 Å². The van der Waals surface area contributed by atoms with Gasteiger partial charge < -0.3 is 5.32 Å². The van der Waals surface area contributed by atoms with Crippen molar-refractivity contribution in [2.45, 2.75) is 38.1 Å². The lowest BCUT2D eigenvalue weighted by atomic mass is 9.78. The molecule has 0 radical (unpaired) electrons. The number of amides is 1. The van der Waals surface area contributed by atoms with Gasteiger partial charge in [0.15, 0.2) is 0 Å². The minimum atomic E-state index is -0.469. The molecule has 2 atom stereocenters. The van der Waals surface area contributed by atoms with Gasteiger partial charge in [0.1, 0.15) is 0 Å². The first kappa shape index (κ1) is 12.6. The fourth-order valence-corrected chi connectivity index (χ4v) is 3.98. The average Bonchev–Trinajstić information content (AvgIpc) is 3.20. The van der Waals surface area contributed by atoms with Gasteiger partial charge in [0.05, 0.1) is 17.5 Å². The number of nitriles is 1. The number of carbonyl (C=O) groups is 1. The van der Waals surface area contributed by atoms with Gasteiger partial charge >= 0.3 is 0 Å². The van der Waals surface area contributed by atoms with E-state index in [1.165, 1.54) is 11.1 Å². The number of hydrogen-bond donors (Lipinski definition) is 1. The first-order chi connectivity index (χ1) is 10.2. The Morgan fingerprint density at radius 1 is 1.29 bits per heavy atom. The Balaban J connectivity index is 1.69. The second kappa shape index (κ2) is 4.46. The summed E-state index contributed by atoms with van der Waals surface area (Å²) in [5.74, 6) is 0.557. The molecule has 1 heterocycles. The van der Waals surface area contributed by atoms with Crippen LogP contribution in [-0.4, -0.2) is 11.9 Å². The van der Waals surface area contributed by atoms with E-state index < -0.39 is 5.41 Å². The molecule has 2 aliphatic carbocycles. The number of rotatable bonds is 3. The molecule has 3 heteroatoms. The van der Waals surface area contributed by atoms with Crippen LogP contribution in [0.2, 0.25) is 0 Å². The van der Waals surface area contributed by atoms with E-state index >= 15 is 0 Å². The summed E-state index contributed by atoms with van der Waals surface area (Å²) >= 11 is 0. The van der Waals surface area contributed by atoms with Gasteiger partial charge in [-0.3, -0.25) is 4.79 Å². The smallest absolute Gasteiger partial charge is 0.248 e. The summed E-state index contributed by atoms with van der Waals surface area (Å²) in [7, 11) is 0. The first-order valence-electron chi connectivity index (χ1n) is 7.72. The van der Waals surface area contributed by atoms with E-state index in [1.807, 2.05) is 18.2 Å². The van der Waals surface area contributed by atoms with E-state index in [9.17, 15) is 10.1 Å². The number of carbonyl (C=O) groups excluding carboxylic acids is 1. The van der Waals surface area contributed by atoms with E-state index in [0.29, 0.717) is 5.92 Å². The maximum atomic E-state index is 12.2. The predicted molar refractivity (Wildman–Crippen MR) is 79.1 cm³/mol. The van der Waals surface area contributed by atoms with Gasteiger partial charge in [0.25, 0.3) is 0 Å². The molecule has 3 nitrogen and oxygen atoms in total. The number of fused-ring (bicyclic) bond motifs is 1. The molecule has 2 saturated carbocycles. The number of benzene rings is 1. The Morgan fingerprint density at radius 3 is 2.71 bits per heavy atom. The van der Waals surface area contributed by atoms with E-state index in [1.54, 1.807) is 0 Å². The molecule has 2 fully saturated rings. The molecule has 1 aliphatic heterocycles. The van der Waals surface area contributed by atoms with Crippen LogP contribution in [-0.2, 0) is 11.2 Å². The summed E-state index contributed by atoms with van der Waals surface area (Å²) in [5.41, 5.74) is 2.96. The van der Waals surface area contributed by atoms with Crippen LogP contribution in [0.4, 0.5) is 0 Å². The van der Waals surface area contributed by atoms with Crippen LogP contribution < -0.4 is 5.32 Å². The van der Waals surface area contributed by atoms with E-state index in [-0.39, 0.29) is 11.9 Å². The Morgan fingerprint density at radius 2 is 2.05 bits per heavy atom. The summed E-state index contributed by atoms with van der Waals surface area (Å²) in [6.45, 7) is 0. The summed E-state index contributed by atoms with van der Waals surface area (Å²) < 4.78 is 0. The van der Waals surface area contributed by atoms with Crippen molar-refractivity contribution in [2.75, 3.05) is 0 Å². The molecule has 1 N–H and O–H groups in total. The normalized spacial score (nSPS) is 31.0. The van der Waals surface area contributed by atoms with Gasteiger partial charge in [0, 0.05) is 5.57 Å². The molecular formula is C18H18N2O. The number of nitrogens with one attached hydrogen (secondary N) is 1. The molecule has 1 aromatic rings. The van der Waals surface area contributed by atoms with E-state index in [4.69, 9.17) is 0 Å². The predicted octanol–water partition coefficient (Wildman–Crippen LogP) is 2.74. The highest BCUT2D eigenvalue weighted by Crippen LogP contribution is 2.51. The van der Waals surface area contributed by atoms with Crippen LogP contribution in [0.1, 0.15) is 31.2 Å². The van der Waals surface area contributed by atoms with Crippen molar-refractivity contribution in [1.82, 2.24) is 5.32 Å². The second-order valence-corrected chi connectivity index (χ2v) is 6.55. The standard InChI is InChI=1S/C18H18N2O/c19-11-18(10-12-4-2-1-3-5-12)9-8-14-15(13-6-7-13)17(21)20-16(14)18/h1-5,13,16H,6-10H2,(H,20,21). The molecule has 0 aromatic heterocycles. The third kappa shape index (κ3) is 1.90. The van der Waals surface area contributed by atoms with Crippen LogP contribution in [0, 0.1) is 22.7 Å². The lowest BCUT2D eigenvalue weighted by Crippen LogP contribution is -2.42. The first-order valence-corrected chi connectivity index (χ1v) is 7.72. The van der Waals surface area contributed by atoms with Gasteiger partial charge in [-0.15, -0.1) is 0 Å². The molecule has 0 bridgehead atoms. The fraction of sp³-hybridized carbons (Fsp3) is 0.444. The summed E-state index contributed by atoms with van der Waals surface area (Å²) in [4.78, 5) is 12.2. The molecule has 0 spiro atoms. The molecule has 21 heavy (non-hydrogen) atoms. The van der Waals surface area contributed by atoms with E-state index in [2.05, 4.69) is 23.5 Å². The second-order valence-electron chi connectivity index (χ2n) is 6.55. The molecule has 0 saturated heterocycles. The van der Waals surface area contributed by atoms with Gasteiger partial charge in [0.2, 0.25) is 5.91 Å². The maximum absolute atomic E-state index is 12.2. The summed E-state index contributed by atoms with van der Waals surface area (Å²) in [6, 6.07) is 12.6. The third-order valence-corrected chi connectivity index (χ3v) is 5.18. The zero-order chi connectivity index (χ0) is 14.4. The van der Waals surface area contributed by atoms with Crippen molar-refractivity contribution in [3.63, 3.8) is 0 Å². The third-order valence-electron chi connectivity index (χ3n) is 5.18. The van der Waals surface area contributed by atoms with Crippen LogP contribution >= 0.6 is 0 Å². The average molecular weight is 278 g/mol. The van der Waals surface area contributed by atoms with Crippen molar-refractivity contribution >= 4 is 5.91 Å². The maximum Gasteiger partial charge on any atom is 0.248 e. The van der Waals surface area contributed by atoms with Crippen molar-refractivity contribution < 1.29 is 4.79 Å². The highest BCUT2D eigenvalue weighted by Gasteiger charge is 2.53. The lowest BCUT2D eigenvalue weighted by Gasteiger charge is -2.27. The van der Waals surface area contributed by atoms with Crippen LogP contribution in [0.15, 0.2) is 41.5 Å². The van der Waals surface area contributed by atoms with E-state index in [0.717, 1.165) is 37.7 Å². The van der Waals surface area contributed by atoms with Crippen molar-refractivity contribution in [1.29, 1.82) is 5.26 Å². The minimum absolute atomic E-state index is 0.0641. The zero-order valence-electron chi connectivity index (χ0n) is 11.9. The Kier molecular flexibility index (Phi) is 2.68. The van der Waals surface area contributed by atoms with Gasteiger partial charge in [-0.25, -0.2) is 0 Å². The van der Waals surface area contributed by atoms with Crippen molar-refractivity contribution in [3.05, 3.63) is 47.0 Å². The molecule has 1 aromatic carbocycles. The summed E-state index contributed by atoms with van der Waals surface area (Å²) in [5, 5.41) is 12.9. The Hall–Kier alpha value is -2.08. The molecule has 4 rings (SSSR count). The highest BCUT2D eigenvalue weighted by atomic mass is 16.2. The largest absolute Gasteiger partial charge is 0.344 e. The van der Waals surface area contributed by atoms with Gasteiger partial charge in [-0.1, -0.05) is 30.3 Å². The van der Waals surface area contributed by atoms with Crippen molar-refractivity contribution in [2.24, 2.45) is 11.3 Å². The van der Waals surface area contributed by atoms with Gasteiger partial charge in [-0.2, -0.15) is 5.26 Å². The SMILES string of the molecule is N#CC1(Cc2ccccc2)CCC2=C(C3CC3)C(=O)NC21. The van der Waals surface area contributed by atoms with Crippen molar-refractivity contribution in [3.8, 4) is 6.07 Å². The minimum Gasteiger partial charge on any atom is -0.344 e. The van der Waals surface area contributed by atoms with Gasteiger partial charge in [-0.05, 0) is 49.2 Å².